The molecule has 0 saturated carbocycles. The van der Waals surface area contributed by atoms with E-state index in [2.05, 4.69) is 63.0 Å². The van der Waals surface area contributed by atoms with Crippen LogP contribution in [0, 0.1) is 11.6 Å². The highest BCUT2D eigenvalue weighted by Gasteiger charge is 2.27. The average molecular weight is 261 g/mol. The van der Waals surface area contributed by atoms with Gasteiger partial charge in [0.1, 0.15) is 0 Å². The number of rotatable bonds is 3. The van der Waals surface area contributed by atoms with Crippen LogP contribution in [0.1, 0.15) is 40.2 Å². The van der Waals surface area contributed by atoms with Gasteiger partial charge in [-0.15, -0.1) is 0 Å². The first-order chi connectivity index (χ1) is 8.49. The molecule has 0 radical (unpaired) electrons. The standard InChI is InChI=1S/C16H24NP/c1-6-17(7-2)18(16(3,4)5)14-13-15-11-9-8-10-12-15/h8-12H,6-7H2,1-5H3. The SMILES string of the molecule is CCN(CC)P(C#Cc1ccccc1)C(C)(C)C. The molecule has 1 nitrogen and oxygen atoms in total. The Bertz CT molecular complexity index is 404. The van der Waals surface area contributed by atoms with Gasteiger partial charge in [-0.2, -0.15) is 0 Å². The maximum Gasteiger partial charge on any atom is 0.0502 e. The number of hydrogen-bond donors (Lipinski definition) is 0. The van der Waals surface area contributed by atoms with Crippen LogP contribution in [-0.4, -0.2) is 22.9 Å². The minimum Gasteiger partial charge on any atom is -0.272 e. The smallest absolute Gasteiger partial charge is 0.0502 e. The first kappa shape index (κ1) is 15.2. The van der Waals surface area contributed by atoms with Crippen LogP contribution in [-0.2, 0) is 0 Å². The van der Waals surface area contributed by atoms with E-state index in [1.807, 2.05) is 18.2 Å². The highest BCUT2D eigenvalue weighted by atomic mass is 31.1. The minimum absolute atomic E-state index is 0.239. The van der Waals surface area contributed by atoms with E-state index >= 15 is 0 Å². The molecule has 1 unspecified atom stereocenters. The molecule has 0 bridgehead atoms. The van der Waals surface area contributed by atoms with Gasteiger partial charge < -0.3 is 0 Å². The zero-order chi connectivity index (χ0) is 13.6. The van der Waals surface area contributed by atoms with Crippen molar-refractivity contribution in [2.75, 3.05) is 13.1 Å². The second-order valence-corrected chi connectivity index (χ2v) is 7.98. The van der Waals surface area contributed by atoms with Gasteiger partial charge >= 0.3 is 0 Å². The Morgan fingerprint density at radius 2 is 1.61 bits per heavy atom. The van der Waals surface area contributed by atoms with E-state index < -0.39 is 8.07 Å². The summed E-state index contributed by atoms with van der Waals surface area (Å²) in [6.45, 7) is 13.4. The predicted octanol–water partition coefficient (Wildman–Crippen LogP) is 4.53. The molecular weight excluding hydrogens is 237 g/mol. The quantitative estimate of drug-likeness (QED) is 0.570. The third-order valence-corrected chi connectivity index (χ3v) is 5.45. The Hall–Kier alpha value is -0.830. The predicted molar refractivity (Wildman–Crippen MR) is 82.9 cm³/mol. The van der Waals surface area contributed by atoms with E-state index in [9.17, 15) is 0 Å². The summed E-state index contributed by atoms with van der Waals surface area (Å²) in [5.41, 5.74) is 4.63. The molecule has 0 aromatic heterocycles. The first-order valence-electron chi connectivity index (χ1n) is 6.60. The molecule has 1 atom stereocenters. The Kier molecular flexibility index (Phi) is 5.86. The Balaban J connectivity index is 2.96. The zero-order valence-corrected chi connectivity index (χ0v) is 13.1. The fourth-order valence-corrected chi connectivity index (χ4v) is 3.93. The van der Waals surface area contributed by atoms with E-state index in [-0.39, 0.29) is 5.16 Å². The average Bonchev–Trinajstić information content (AvgIpc) is 2.34. The van der Waals surface area contributed by atoms with Gasteiger partial charge in [-0.1, -0.05) is 64.4 Å². The number of nitrogens with zero attached hydrogens (tertiary/aromatic N) is 1. The van der Waals surface area contributed by atoms with Gasteiger partial charge in [0.15, 0.2) is 0 Å². The van der Waals surface area contributed by atoms with Crippen LogP contribution >= 0.6 is 8.07 Å². The lowest BCUT2D eigenvalue weighted by molar-refractivity contribution is 0.495. The first-order valence-corrected chi connectivity index (χ1v) is 7.90. The van der Waals surface area contributed by atoms with Crippen LogP contribution < -0.4 is 0 Å². The molecule has 0 heterocycles. The van der Waals surface area contributed by atoms with Crippen molar-refractivity contribution in [1.29, 1.82) is 0 Å². The summed E-state index contributed by atoms with van der Waals surface area (Å²) in [5, 5.41) is 0.239. The fraction of sp³-hybridized carbons (Fsp3) is 0.500. The lowest BCUT2D eigenvalue weighted by Crippen LogP contribution is -2.26. The molecule has 0 N–H and O–H groups in total. The van der Waals surface area contributed by atoms with Gasteiger partial charge in [0.25, 0.3) is 0 Å². The molecule has 0 fully saturated rings. The Morgan fingerprint density at radius 1 is 1.06 bits per heavy atom. The summed E-state index contributed by atoms with van der Waals surface area (Å²) in [5.74, 6) is 3.34. The minimum atomic E-state index is -0.417. The monoisotopic (exact) mass is 261 g/mol. The van der Waals surface area contributed by atoms with Crippen LogP contribution in [0.4, 0.5) is 0 Å². The second-order valence-electron chi connectivity index (χ2n) is 5.22. The lowest BCUT2D eigenvalue weighted by atomic mass is 10.2. The number of benzene rings is 1. The van der Waals surface area contributed by atoms with Gasteiger partial charge in [0.05, 0.1) is 8.07 Å². The van der Waals surface area contributed by atoms with Crippen molar-refractivity contribution in [1.82, 2.24) is 4.67 Å². The van der Waals surface area contributed by atoms with E-state index in [1.165, 1.54) is 0 Å². The maximum atomic E-state index is 3.52. The highest BCUT2D eigenvalue weighted by Crippen LogP contribution is 2.51. The van der Waals surface area contributed by atoms with Crippen LogP contribution in [0.25, 0.3) is 0 Å². The van der Waals surface area contributed by atoms with Crippen LogP contribution in [0.15, 0.2) is 30.3 Å². The topological polar surface area (TPSA) is 3.24 Å². The van der Waals surface area contributed by atoms with Gasteiger partial charge in [-0.25, -0.2) is 0 Å². The largest absolute Gasteiger partial charge is 0.272 e. The van der Waals surface area contributed by atoms with Crippen molar-refractivity contribution >= 4 is 8.07 Å². The summed E-state index contributed by atoms with van der Waals surface area (Å²) in [4.78, 5) is 0. The van der Waals surface area contributed by atoms with Gasteiger partial charge in [-0.3, -0.25) is 4.67 Å². The third-order valence-electron chi connectivity index (χ3n) is 2.73. The molecule has 0 saturated heterocycles. The van der Waals surface area contributed by atoms with Crippen molar-refractivity contribution < 1.29 is 0 Å². The zero-order valence-electron chi connectivity index (χ0n) is 12.2. The van der Waals surface area contributed by atoms with E-state index in [0.29, 0.717) is 0 Å². The van der Waals surface area contributed by atoms with Gasteiger partial charge in [-0.05, 0) is 12.1 Å². The summed E-state index contributed by atoms with van der Waals surface area (Å²) in [7, 11) is -0.417. The van der Waals surface area contributed by atoms with Crippen LogP contribution in [0.5, 0.6) is 0 Å². The van der Waals surface area contributed by atoms with Crippen molar-refractivity contribution in [2.45, 2.75) is 39.8 Å². The van der Waals surface area contributed by atoms with Crippen LogP contribution in [0.3, 0.4) is 0 Å². The molecule has 0 spiro atoms. The van der Waals surface area contributed by atoms with Crippen molar-refractivity contribution in [2.24, 2.45) is 0 Å². The molecule has 98 valence electrons. The molecule has 18 heavy (non-hydrogen) atoms. The van der Waals surface area contributed by atoms with Crippen LogP contribution in [0.2, 0.25) is 0 Å². The normalized spacial score (nSPS) is 13.0. The summed E-state index contributed by atoms with van der Waals surface area (Å²) < 4.78 is 2.49. The molecular formula is C16H24NP. The molecule has 0 amide bonds. The fourth-order valence-electron chi connectivity index (χ4n) is 1.81. The lowest BCUT2D eigenvalue weighted by Gasteiger charge is -2.35. The Labute approximate surface area is 113 Å². The van der Waals surface area contributed by atoms with E-state index in [4.69, 9.17) is 0 Å². The number of hydrogen-bond acceptors (Lipinski definition) is 1. The van der Waals surface area contributed by atoms with Crippen molar-refractivity contribution in [3.8, 4) is 11.6 Å². The Morgan fingerprint density at radius 3 is 2.06 bits per heavy atom. The maximum absolute atomic E-state index is 3.52. The van der Waals surface area contributed by atoms with E-state index in [0.717, 1.165) is 18.7 Å². The third kappa shape index (κ3) is 4.45. The molecule has 0 aliphatic carbocycles. The van der Waals surface area contributed by atoms with Crippen molar-refractivity contribution in [3.05, 3.63) is 35.9 Å². The van der Waals surface area contributed by atoms with Crippen molar-refractivity contribution in [3.63, 3.8) is 0 Å². The molecule has 0 aliphatic heterocycles. The summed E-state index contributed by atoms with van der Waals surface area (Å²) in [6, 6.07) is 10.3. The molecule has 1 aromatic carbocycles. The highest BCUT2D eigenvalue weighted by molar-refractivity contribution is 7.62. The molecule has 1 rings (SSSR count). The molecule has 1 aromatic rings. The van der Waals surface area contributed by atoms with Gasteiger partial charge in [0, 0.05) is 23.8 Å². The van der Waals surface area contributed by atoms with Gasteiger partial charge in [0.2, 0.25) is 0 Å². The summed E-state index contributed by atoms with van der Waals surface area (Å²) in [6.07, 6.45) is 0. The molecule has 2 heteroatoms. The summed E-state index contributed by atoms with van der Waals surface area (Å²) >= 11 is 0. The second kappa shape index (κ2) is 6.93. The molecule has 0 aliphatic rings. The van der Waals surface area contributed by atoms with E-state index in [1.54, 1.807) is 0 Å².